The summed E-state index contributed by atoms with van der Waals surface area (Å²) >= 11 is 0. The minimum Gasteiger partial charge on any atom is -0.369 e. The molecule has 0 saturated carbocycles. The number of carbonyl (C=O) groups is 1. The Balaban J connectivity index is 1.54. The van der Waals surface area contributed by atoms with E-state index in [1.165, 1.54) is 5.56 Å². The van der Waals surface area contributed by atoms with Crippen LogP contribution in [0.1, 0.15) is 24.5 Å². The van der Waals surface area contributed by atoms with Crippen LogP contribution in [0.4, 0.5) is 11.4 Å². The van der Waals surface area contributed by atoms with Crippen molar-refractivity contribution in [2.45, 2.75) is 19.8 Å². The summed E-state index contributed by atoms with van der Waals surface area (Å²) in [5.41, 5.74) is 3.80. The molecule has 0 spiro atoms. The highest BCUT2D eigenvalue weighted by atomic mass is 16.2. The van der Waals surface area contributed by atoms with Gasteiger partial charge in [0.2, 0.25) is 5.91 Å². The number of aryl methyl sites for hydroxylation is 1. The molecular formula is C22H26N4O. The van der Waals surface area contributed by atoms with Gasteiger partial charge in [-0.2, -0.15) is 5.26 Å². The van der Waals surface area contributed by atoms with E-state index in [2.05, 4.69) is 28.1 Å². The Bertz CT molecular complexity index is 810. The average Bonchev–Trinajstić information content (AvgIpc) is 2.94. The molecule has 3 rings (SSSR count). The first kappa shape index (κ1) is 18.9. The molecule has 140 valence electrons. The van der Waals surface area contributed by atoms with Gasteiger partial charge in [-0.15, -0.1) is 0 Å². The third-order valence-corrected chi connectivity index (χ3v) is 4.97. The largest absolute Gasteiger partial charge is 0.369 e. The Morgan fingerprint density at radius 1 is 1.07 bits per heavy atom. The SMILES string of the molecule is CCc1ccc(NC(=O)CN2CCCN(c3ccccc3C#N)CC2)cc1. The van der Waals surface area contributed by atoms with Crippen molar-refractivity contribution in [2.75, 3.05) is 42.9 Å². The van der Waals surface area contributed by atoms with Gasteiger partial charge in [0, 0.05) is 31.9 Å². The van der Waals surface area contributed by atoms with E-state index in [9.17, 15) is 10.1 Å². The van der Waals surface area contributed by atoms with Gasteiger partial charge in [0.1, 0.15) is 6.07 Å². The van der Waals surface area contributed by atoms with Crippen molar-refractivity contribution < 1.29 is 4.79 Å². The van der Waals surface area contributed by atoms with Crippen LogP contribution >= 0.6 is 0 Å². The zero-order chi connectivity index (χ0) is 19.1. The van der Waals surface area contributed by atoms with Crippen LogP contribution in [-0.2, 0) is 11.2 Å². The molecule has 0 aliphatic carbocycles. The van der Waals surface area contributed by atoms with Crippen LogP contribution in [0.3, 0.4) is 0 Å². The van der Waals surface area contributed by atoms with Gasteiger partial charge in [-0.05, 0) is 42.7 Å². The van der Waals surface area contributed by atoms with E-state index < -0.39 is 0 Å². The molecule has 1 heterocycles. The molecular weight excluding hydrogens is 336 g/mol. The number of rotatable bonds is 5. The van der Waals surface area contributed by atoms with Gasteiger partial charge in [0.15, 0.2) is 0 Å². The number of anilines is 2. The second-order valence-corrected chi connectivity index (χ2v) is 6.84. The number of carbonyl (C=O) groups excluding carboxylic acids is 1. The van der Waals surface area contributed by atoms with Crippen molar-refractivity contribution in [3.63, 3.8) is 0 Å². The molecule has 0 aromatic heterocycles. The predicted molar refractivity (Wildman–Crippen MR) is 109 cm³/mol. The number of nitrogens with one attached hydrogen (secondary N) is 1. The Labute approximate surface area is 161 Å². The zero-order valence-electron chi connectivity index (χ0n) is 15.8. The van der Waals surface area contributed by atoms with Crippen LogP contribution in [0.15, 0.2) is 48.5 Å². The van der Waals surface area contributed by atoms with E-state index in [0.717, 1.165) is 50.4 Å². The molecule has 1 saturated heterocycles. The van der Waals surface area contributed by atoms with E-state index >= 15 is 0 Å². The second kappa shape index (κ2) is 9.20. The van der Waals surface area contributed by atoms with Crippen molar-refractivity contribution >= 4 is 17.3 Å². The van der Waals surface area contributed by atoms with Gasteiger partial charge in [-0.3, -0.25) is 9.69 Å². The smallest absolute Gasteiger partial charge is 0.238 e. The molecule has 1 amide bonds. The number of benzene rings is 2. The molecule has 0 radical (unpaired) electrons. The second-order valence-electron chi connectivity index (χ2n) is 6.84. The Morgan fingerprint density at radius 3 is 2.59 bits per heavy atom. The molecule has 2 aromatic carbocycles. The lowest BCUT2D eigenvalue weighted by molar-refractivity contribution is -0.117. The molecule has 27 heavy (non-hydrogen) atoms. The van der Waals surface area contributed by atoms with Crippen LogP contribution in [-0.4, -0.2) is 43.5 Å². The van der Waals surface area contributed by atoms with Crippen molar-refractivity contribution in [1.29, 1.82) is 5.26 Å². The number of nitrogens with zero attached hydrogens (tertiary/aromatic N) is 3. The van der Waals surface area contributed by atoms with Crippen LogP contribution in [0.25, 0.3) is 0 Å². The topological polar surface area (TPSA) is 59.4 Å². The molecule has 1 aliphatic heterocycles. The van der Waals surface area contributed by atoms with Gasteiger partial charge < -0.3 is 10.2 Å². The van der Waals surface area contributed by atoms with Crippen LogP contribution in [0.2, 0.25) is 0 Å². The first-order valence-corrected chi connectivity index (χ1v) is 9.55. The fraction of sp³-hybridized carbons (Fsp3) is 0.364. The highest BCUT2D eigenvalue weighted by Crippen LogP contribution is 2.21. The molecule has 0 atom stereocenters. The summed E-state index contributed by atoms with van der Waals surface area (Å²) in [6, 6.07) is 18.0. The number of amides is 1. The maximum absolute atomic E-state index is 12.4. The van der Waals surface area contributed by atoms with Crippen LogP contribution in [0.5, 0.6) is 0 Å². The van der Waals surface area contributed by atoms with E-state index in [-0.39, 0.29) is 5.91 Å². The number of hydrogen-bond acceptors (Lipinski definition) is 4. The maximum Gasteiger partial charge on any atom is 0.238 e. The van der Waals surface area contributed by atoms with Crippen molar-refractivity contribution in [3.05, 3.63) is 59.7 Å². The molecule has 5 heteroatoms. The Kier molecular flexibility index (Phi) is 6.45. The highest BCUT2D eigenvalue weighted by molar-refractivity contribution is 5.92. The molecule has 1 aliphatic rings. The molecule has 0 unspecified atom stereocenters. The summed E-state index contributed by atoms with van der Waals surface area (Å²) in [5, 5.41) is 12.3. The van der Waals surface area contributed by atoms with Crippen molar-refractivity contribution in [2.24, 2.45) is 0 Å². The monoisotopic (exact) mass is 362 g/mol. The minimum atomic E-state index is 0.0186. The fourth-order valence-corrected chi connectivity index (χ4v) is 3.44. The van der Waals surface area contributed by atoms with Gasteiger partial charge in [0.05, 0.1) is 17.8 Å². The average molecular weight is 362 g/mol. The standard InChI is InChI=1S/C22H26N4O/c1-2-18-8-10-20(11-9-18)24-22(27)17-25-12-5-13-26(15-14-25)21-7-4-3-6-19(21)16-23/h3-4,6-11H,2,5,12-15,17H2,1H3,(H,24,27). The molecule has 1 N–H and O–H groups in total. The lowest BCUT2D eigenvalue weighted by Crippen LogP contribution is -2.36. The highest BCUT2D eigenvalue weighted by Gasteiger charge is 2.19. The lowest BCUT2D eigenvalue weighted by atomic mass is 10.1. The summed E-state index contributed by atoms with van der Waals surface area (Å²) in [7, 11) is 0. The summed E-state index contributed by atoms with van der Waals surface area (Å²) < 4.78 is 0. The fourth-order valence-electron chi connectivity index (χ4n) is 3.44. The lowest BCUT2D eigenvalue weighted by Gasteiger charge is -2.24. The number of nitriles is 1. The molecule has 5 nitrogen and oxygen atoms in total. The van der Waals surface area contributed by atoms with Gasteiger partial charge in [-0.1, -0.05) is 31.2 Å². The third kappa shape index (κ3) is 5.08. The first-order valence-electron chi connectivity index (χ1n) is 9.55. The van der Waals surface area contributed by atoms with Crippen LogP contribution < -0.4 is 10.2 Å². The van der Waals surface area contributed by atoms with Crippen molar-refractivity contribution in [3.8, 4) is 6.07 Å². The van der Waals surface area contributed by atoms with E-state index in [1.54, 1.807) is 0 Å². The van der Waals surface area contributed by atoms with E-state index in [4.69, 9.17) is 0 Å². The maximum atomic E-state index is 12.4. The number of hydrogen-bond donors (Lipinski definition) is 1. The summed E-state index contributed by atoms with van der Waals surface area (Å²) in [6.45, 7) is 5.91. The van der Waals surface area contributed by atoms with Crippen molar-refractivity contribution in [1.82, 2.24) is 4.90 Å². The predicted octanol–water partition coefficient (Wildman–Crippen LogP) is 3.27. The molecule has 0 bridgehead atoms. The number of para-hydroxylation sites is 1. The van der Waals surface area contributed by atoms with Gasteiger partial charge >= 0.3 is 0 Å². The summed E-state index contributed by atoms with van der Waals surface area (Å²) in [4.78, 5) is 16.8. The molecule has 1 fully saturated rings. The van der Waals surface area contributed by atoms with Gasteiger partial charge in [-0.25, -0.2) is 0 Å². The first-order chi connectivity index (χ1) is 13.2. The Hall–Kier alpha value is -2.84. The molecule has 2 aromatic rings. The Morgan fingerprint density at radius 2 is 1.85 bits per heavy atom. The normalized spacial score (nSPS) is 15.0. The summed E-state index contributed by atoms with van der Waals surface area (Å²) in [5.74, 6) is 0.0186. The zero-order valence-corrected chi connectivity index (χ0v) is 15.8. The van der Waals surface area contributed by atoms with E-state index in [0.29, 0.717) is 12.1 Å². The quantitative estimate of drug-likeness (QED) is 0.887. The minimum absolute atomic E-state index is 0.0186. The van der Waals surface area contributed by atoms with E-state index in [1.807, 2.05) is 48.5 Å². The third-order valence-electron chi connectivity index (χ3n) is 4.97. The van der Waals surface area contributed by atoms with Gasteiger partial charge in [0.25, 0.3) is 0 Å². The summed E-state index contributed by atoms with van der Waals surface area (Å²) in [6.07, 6.45) is 1.96. The van der Waals surface area contributed by atoms with Crippen LogP contribution in [0, 0.1) is 11.3 Å².